The molecule has 24 heavy (non-hydrogen) atoms. The maximum absolute atomic E-state index is 14.2. The van der Waals surface area contributed by atoms with Crippen LogP contribution in [0.2, 0.25) is 0 Å². The molecular weight excluding hydrogens is 309 g/mol. The molecule has 0 fully saturated rings. The van der Waals surface area contributed by atoms with Gasteiger partial charge in [0, 0.05) is 19.5 Å². The second kappa shape index (κ2) is 6.48. The highest BCUT2D eigenvalue weighted by Gasteiger charge is 2.19. The molecule has 0 amide bonds. The van der Waals surface area contributed by atoms with Crippen LogP contribution < -0.4 is 5.32 Å². The summed E-state index contributed by atoms with van der Waals surface area (Å²) in [6.07, 6.45) is 6.73. The summed E-state index contributed by atoms with van der Waals surface area (Å²) in [6, 6.07) is 5.18. The van der Waals surface area contributed by atoms with Gasteiger partial charge in [-0.2, -0.15) is 5.10 Å². The van der Waals surface area contributed by atoms with E-state index in [2.05, 4.69) is 30.2 Å². The number of aryl methyl sites for hydroxylation is 1. The van der Waals surface area contributed by atoms with Crippen molar-refractivity contribution in [2.75, 3.05) is 6.54 Å². The SMILES string of the molecule is Fc1cc(CNCC2CCc3nncn3C2)ccc1-n1cncn1. The Morgan fingerprint density at radius 1 is 1.29 bits per heavy atom. The van der Waals surface area contributed by atoms with Crippen LogP contribution >= 0.6 is 0 Å². The van der Waals surface area contributed by atoms with E-state index in [0.717, 1.165) is 37.3 Å². The minimum Gasteiger partial charge on any atom is -0.317 e. The van der Waals surface area contributed by atoms with Crippen molar-refractivity contribution < 1.29 is 4.39 Å². The average molecular weight is 327 g/mol. The first-order valence-corrected chi connectivity index (χ1v) is 8.00. The standard InChI is InChI=1S/C16H18FN7/c17-14-5-12(1-3-15(14)24-10-19-9-21-24)6-18-7-13-2-4-16-22-20-11-23(16)8-13/h1,3,5,9-11,13,18H,2,4,6-8H2. The first-order valence-electron chi connectivity index (χ1n) is 8.00. The third-order valence-electron chi connectivity index (χ3n) is 4.37. The maximum atomic E-state index is 14.2. The molecule has 1 aliphatic rings. The minimum absolute atomic E-state index is 0.299. The molecule has 4 rings (SSSR count). The van der Waals surface area contributed by atoms with Gasteiger partial charge in [-0.25, -0.2) is 14.1 Å². The van der Waals surface area contributed by atoms with E-state index in [0.29, 0.717) is 18.2 Å². The number of rotatable bonds is 5. The number of halogens is 1. The Hall–Kier alpha value is -2.61. The molecule has 1 N–H and O–H groups in total. The molecule has 1 aromatic carbocycles. The van der Waals surface area contributed by atoms with Crippen LogP contribution in [0.25, 0.3) is 5.69 Å². The van der Waals surface area contributed by atoms with Crippen molar-refractivity contribution in [3.8, 4) is 5.69 Å². The van der Waals surface area contributed by atoms with Crippen LogP contribution in [-0.2, 0) is 19.5 Å². The molecule has 1 atom stereocenters. The Kier molecular flexibility index (Phi) is 4.04. The lowest BCUT2D eigenvalue weighted by atomic mass is 9.99. The van der Waals surface area contributed by atoms with Gasteiger partial charge in [0.05, 0.1) is 0 Å². The largest absolute Gasteiger partial charge is 0.317 e. The van der Waals surface area contributed by atoms with Gasteiger partial charge in [-0.3, -0.25) is 0 Å². The summed E-state index contributed by atoms with van der Waals surface area (Å²) in [5, 5.41) is 15.4. The topological polar surface area (TPSA) is 73.5 Å². The van der Waals surface area contributed by atoms with Crippen LogP contribution in [0.5, 0.6) is 0 Å². The van der Waals surface area contributed by atoms with E-state index in [1.165, 1.54) is 17.3 Å². The van der Waals surface area contributed by atoms with E-state index in [4.69, 9.17) is 0 Å². The number of fused-ring (bicyclic) bond motifs is 1. The quantitative estimate of drug-likeness (QED) is 0.766. The molecule has 1 unspecified atom stereocenters. The lowest BCUT2D eigenvalue weighted by Crippen LogP contribution is -2.29. The van der Waals surface area contributed by atoms with E-state index in [9.17, 15) is 4.39 Å². The Morgan fingerprint density at radius 3 is 3.08 bits per heavy atom. The van der Waals surface area contributed by atoms with Crippen LogP contribution in [0, 0.1) is 11.7 Å². The molecule has 0 saturated carbocycles. The Morgan fingerprint density at radius 2 is 2.25 bits per heavy atom. The van der Waals surface area contributed by atoms with Crippen LogP contribution in [0.3, 0.4) is 0 Å². The summed E-state index contributed by atoms with van der Waals surface area (Å²) in [6.45, 7) is 2.47. The summed E-state index contributed by atoms with van der Waals surface area (Å²) in [5.41, 5.74) is 1.32. The molecule has 8 heteroatoms. The zero-order valence-corrected chi connectivity index (χ0v) is 13.1. The molecule has 0 radical (unpaired) electrons. The van der Waals surface area contributed by atoms with Crippen LogP contribution in [0.4, 0.5) is 4.39 Å². The molecule has 3 aromatic rings. The summed E-state index contributed by atoms with van der Waals surface area (Å²) < 4.78 is 17.7. The fourth-order valence-electron chi connectivity index (χ4n) is 3.09. The molecule has 1 aliphatic heterocycles. The summed E-state index contributed by atoms with van der Waals surface area (Å²) in [5.74, 6) is 1.32. The number of aromatic nitrogens is 6. The number of hydrogen-bond acceptors (Lipinski definition) is 5. The third-order valence-corrected chi connectivity index (χ3v) is 4.37. The van der Waals surface area contributed by atoms with Crippen molar-refractivity contribution >= 4 is 0 Å². The van der Waals surface area contributed by atoms with Crippen LogP contribution in [-0.4, -0.2) is 36.1 Å². The van der Waals surface area contributed by atoms with Gasteiger partial charge in [0.1, 0.15) is 36.3 Å². The highest BCUT2D eigenvalue weighted by molar-refractivity contribution is 5.35. The summed E-state index contributed by atoms with van der Waals surface area (Å²) in [7, 11) is 0. The van der Waals surface area contributed by atoms with Crippen LogP contribution in [0.15, 0.2) is 37.2 Å². The number of hydrogen-bond donors (Lipinski definition) is 1. The van der Waals surface area contributed by atoms with Gasteiger partial charge in [0.15, 0.2) is 0 Å². The van der Waals surface area contributed by atoms with Gasteiger partial charge >= 0.3 is 0 Å². The summed E-state index contributed by atoms with van der Waals surface area (Å²) in [4.78, 5) is 3.84. The highest BCUT2D eigenvalue weighted by atomic mass is 19.1. The van der Waals surface area contributed by atoms with Crippen molar-refractivity contribution in [1.29, 1.82) is 0 Å². The molecule has 7 nitrogen and oxygen atoms in total. The predicted octanol–water partition coefficient (Wildman–Crippen LogP) is 1.35. The lowest BCUT2D eigenvalue weighted by molar-refractivity contribution is 0.347. The number of nitrogens with zero attached hydrogens (tertiary/aromatic N) is 6. The lowest BCUT2D eigenvalue weighted by Gasteiger charge is -2.23. The first kappa shape index (κ1) is 14.9. The van der Waals surface area contributed by atoms with E-state index in [-0.39, 0.29) is 5.82 Å². The van der Waals surface area contributed by atoms with Crippen molar-refractivity contribution in [3.05, 3.63) is 54.4 Å². The molecular formula is C16H18FN7. The highest BCUT2D eigenvalue weighted by Crippen LogP contribution is 2.18. The third kappa shape index (κ3) is 3.05. The molecule has 0 spiro atoms. The molecule has 124 valence electrons. The van der Waals surface area contributed by atoms with Gasteiger partial charge < -0.3 is 9.88 Å². The van der Waals surface area contributed by atoms with Crippen molar-refractivity contribution in [2.45, 2.75) is 25.9 Å². The van der Waals surface area contributed by atoms with Gasteiger partial charge in [0.25, 0.3) is 0 Å². The van der Waals surface area contributed by atoms with Crippen molar-refractivity contribution in [1.82, 2.24) is 34.8 Å². The molecule has 2 aromatic heterocycles. The van der Waals surface area contributed by atoms with Crippen molar-refractivity contribution in [2.24, 2.45) is 5.92 Å². The van der Waals surface area contributed by atoms with E-state index in [1.54, 1.807) is 18.5 Å². The van der Waals surface area contributed by atoms with E-state index < -0.39 is 0 Å². The zero-order valence-electron chi connectivity index (χ0n) is 13.1. The smallest absolute Gasteiger partial charge is 0.149 e. The summed E-state index contributed by atoms with van der Waals surface area (Å²) >= 11 is 0. The van der Waals surface area contributed by atoms with Gasteiger partial charge in [-0.05, 0) is 36.6 Å². The molecule has 0 saturated heterocycles. The zero-order chi connectivity index (χ0) is 16.4. The fraction of sp³-hybridized carbons (Fsp3) is 0.375. The normalized spacial score (nSPS) is 17.0. The Balaban J connectivity index is 1.33. The number of nitrogens with one attached hydrogen (secondary N) is 1. The van der Waals surface area contributed by atoms with Gasteiger partial charge in [-0.1, -0.05) is 6.07 Å². The van der Waals surface area contributed by atoms with Gasteiger partial charge in [-0.15, -0.1) is 10.2 Å². The maximum Gasteiger partial charge on any atom is 0.149 e. The Labute approximate surface area is 138 Å². The van der Waals surface area contributed by atoms with Crippen molar-refractivity contribution in [3.63, 3.8) is 0 Å². The number of benzene rings is 1. The second-order valence-corrected chi connectivity index (χ2v) is 6.06. The van der Waals surface area contributed by atoms with Gasteiger partial charge in [0.2, 0.25) is 0 Å². The molecule has 0 bridgehead atoms. The average Bonchev–Trinajstić information content (AvgIpc) is 3.26. The van der Waals surface area contributed by atoms with Crippen LogP contribution in [0.1, 0.15) is 17.8 Å². The predicted molar refractivity (Wildman–Crippen MR) is 84.9 cm³/mol. The monoisotopic (exact) mass is 327 g/mol. The first-order chi connectivity index (χ1) is 11.8. The molecule has 3 heterocycles. The fourth-order valence-corrected chi connectivity index (χ4v) is 3.09. The molecule has 0 aliphatic carbocycles. The second-order valence-electron chi connectivity index (χ2n) is 6.06. The Bertz CT molecular complexity index is 812. The van der Waals surface area contributed by atoms with E-state index in [1.807, 2.05) is 6.07 Å². The van der Waals surface area contributed by atoms with E-state index >= 15 is 0 Å². The minimum atomic E-state index is -0.299.